The largest absolute Gasteiger partial charge is 0.298 e. The molecule has 1 heterocycles. The summed E-state index contributed by atoms with van der Waals surface area (Å²) in [4.78, 5) is 19.2. The average molecular weight is 327 g/mol. The number of anilines is 1. The van der Waals surface area contributed by atoms with Crippen molar-refractivity contribution in [2.45, 2.75) is 5.16 Å². The summed E-state index contributed by atoms with van der Waals surface area (Å²) in [6.07, 6.45) is 2.02. The van der Waals surface area contributed by atoms with Crippen LogP contribution in [-0.4, -0.2) is 30.5 Å². The van der Waals surface area contributed by atoms with Gasteiger partial charge in [-0.05, 0) is 12.1 Å². The zero-order chi connectivity index (χ0) is 15.5. The number of benzene rings is 1. The molecular formula is C12H11ClN4O3S. The van der Waals surface area contributed by atoms with Crippen molar-refractivity contribution in [2.24, 2.45) is 0 Å². The van der Waals surface area contributed by atoms with Crippen molar-refractivity contribution in [3.63, 3.8) is 0 Å². The topological polar surface area (TPSA) is 101 Å². The number of aromatic nitrogens is 2. The molecule has 0 spiro atoms. The molecule has 0 saturated carbocycles. The van der Waals surface area contributed by atoms with Crippen LogP contribution in [0.3, 0.4) is 0 Å². The summed E-state index contributed by atoms with van der Waals surface area (Å²) in [6.45, 7) is 0. The maximum Gasteiger partial charge on any atom is 0.289 e. The molecule has 0 aliphatic rings. The van der Waals surface area contributed by atoms with Crippen LogP contribution in [0.15, 0.2) is 41.7 Å². The highest BCUT2D eigenvalue weighted by Gasteiger charge is 2.18. The van der Waals surface area contributed by atoms with Crippen LogP contribution < -0.4 is 10.9 Å². The summed E-state index contributed by atoms with van der Waals surface area (Å²) >= 11 is 5.81. The van der Waals surface area contributed by atoms with E-state index in [1.54, 1.807) is 24.3 Å². The molecule has 110 valence electrons. The SMILES string of the molecule is CS(=O)(=O)c1ncc(Cl)c(C(=O)NNc2ccccc2)n1. The number of carbonyl (C=O) groups excluding carboxylic acids is 1. The Morgan fingerprint density at radius 2 is 1.90 bits per heavy atom. The minimum absolute atomic E-state index is 0.0465. The van der Waals surface area contributed by atoms with Gasteiger partial charge in [-0.2, -0.15) is 0 Å². The van der Waals surface area contributed by atoms with E-state index >= 15 is 0 Å². The molecule has 2 aromatic rings. The van der Waals surface area contributed by atoms with E-state index < -0.39 is 20.9 Å². The Labute approximate surface area is 126 Å². The molecule has 1 aromatic carbocycles. The Morgan fingerprint density at radius 1 is 1.24 bits per heavy atom. The molecule has 0 aliphatic heterocycles. The van der Waals surface area contributed by atoms with E-state index in [-0.39, 0.29) is 10.7 Å². The minimum Gasteiger partial charge on any atom is -0.298 e. The molecule has 2 N–H and O–H groups in total. The van der Waals surface area contributed by atoms with E-state index in [4.69, 9.17) is 11.6 Å². The number of hydrogen-bond donors (Lipinski definition) is 2. The zero-order valence-electron chi connectivity index (χ0n) is 10.9. The quantitative estimate of drug-likeness (QED) is 0.648. The monoisotopic (exact) mass is 326 g/mol. The van der Waals surface area contributed by atoms with E-state index in [1.165, 1.54) is 0 Å². The summed E-state index contributed by atoms with van der Waals surface area (Å²) in [6, 6.07) is 8.88. The second-order valence-corrected chi connectivity index (χ2v) is 6.38. The first-order valence-corrected chi connectivity index (χ1v) is 7.99. The zero-order valence-corrected chi connectivity index (χ0v) is 12.4. The molecule has 0 saturated heterocycles. The van der Waals surface area contributed by atoms with Crippen LogP contribution >= 0.6 is 11.6 Å². The highest BCUT2D eigenvalue weighted by Crippen LogP contribution is 2.14. The summed E-state index contributed by atoms with van der Waals surface area (Å²) in [5.41, 5.74) is 5.46. The summed E-state index contributed by atoms with van der Waals surface area (Å²) in [7, 11) is -3.62. The van der Waals surface area contributed by atoms with Crippen molar-refractivity contribution in [1.82, 2.24) is 15.4 Å². The maximum atomic E-state index is 12.0. The third-order valence-corrected chi connectivity index (χ3v) is 3.50. The number of sulfone groups is 1. The molecule has 2 rings (SSSR count). The Morgan fingerprint density at radius 3 is 2.52 bits per heavy atom. The Kier molecular flexibility index (Phi) is 4.39. The first-order chi connectivity index (χ1) is 9.88. The molecule has 21 heavy (non-hydrogen) atoms. The van der Waals surface area contributed by atoms with Crippen molar-refractivity contribution in [3.05, 3.63) is 47.2 Å². The van der Waals surface area contributed by atoms with Crippen molar-refractivity contribution in [2.75, 3.05) is 11.7 Å². The van der Waals surface area contributed by atoms with Crippen molar-refractivity contribution in [3.8, 4) is 0 Å². The van der Waals surface area contributed by atoms with Crippen LogP contribution in [0.25, 0.3) is 0 Å². The third kappa shape index (κ3) is 3.89. The molecule has 1 aromatic heterocycles. The van der Waals surface area contributed by atoms with Gasteiger partial charge in [0.2, 0.25) is 15.0 Å². The van der Waals surface area contributed by atoms with Crippen LogP contribution in [-0.2, 0) is 9.84 Å². The number of para-hydroxylation sites is 1. The number of hydrazine groups is 1. The summed E-state index contributed by atoms with van der Waals surface area (Å²) in [5.74, 6) is -0.670. The number of nitrogens with one attached hydrogen (secondary N) is 2. The second-order valence-electron chi connectivity index (χ2n) is 4.07. The van der Waals surface area contributed by atoms with E-state index in [1.807, 2.05) is 6.07 Å². The lowest BCUT2D eigenvalue weighted by atomic mass is 10.3. The molecule has 0 bridgehead atoms. The lowest BCUT2D eigenvalue weighted by molar-refractivity contribution is 0.0957. The van der Waals surface area contributed by atoms with Gasteiger partial charge in [-0.15, -0.1) is 0 Å². The predicted octanol–water partition coefficient (Wildman–Crippen LogP) is 1.29. The van der Waals surface area contributed by atoms with Gasteiger partial charge in [-0.3, -0.25) is 15.6 Å². The molecule has 7 nitrogen and oxygen atoms in total. The standard InChI is InChI=1S/C12H11ClN4O3S/c1-21(19,20)12-14-7-9(13)10(15-12)11(18)17-16-8-5-3-2-4-6-8/h2-7,16H,1H3,(H,17,18). The summed E-state index contributed by atoms with van der Waals surface area (Å²) < 4.78 is 22.8. The van der Waals surface area contributed by atoms with E-state index in [0.29, 0.717) is 5.69 Å². The molecule has 0 atom stereocenters. The number of hydrogen-bond acceptors (Lipinski definition) is 6. The first-order valence-electron chi connectivity index (χ1n) is 5.72. The van der Waals surface area contributed by atoms with Crippen molar-refractivity contribution in [1.29, 1.82) is 0 Å². The number of halogens is 1. The van der Waals surface area contributed by atoms with Crippen LogP contribution in [0.4, 0.5) is 5.69 Å². The molecular weight excluding hydrogens is 316 g/mol. The molecule has 0 unspecified atom stereocenters. The van der Waals surface area contributed by atoms with Gasteiger partial charge >= 0.3 is 0 Å². The number of rotatable bonds is 4. The molecule has 0 aliphatic carbocycles. The van der Waals surface area contributed by atoms with E-state index in [0.717, 1.165) is 12.5 Å². The van der Waals surface area contributed by atoms with Crippen LogP contribution in [0.2, 0.25) is 5.02 Å². The van der Waals surface area contributed by atoms with Gasteiger partial charge in [0, 0.05) is 6.26 Å². The van der Waals surface area contributed by atoms with Gasteiger partial charge in [-0.25, -0.2) is 18.4 Å². The Hall–Kier alpha value is -2.19. The highest BCUT2D eigenvalue weighted by molar-refractivity contribution is 7.90. The lowest BCUT2D eigenvalue weighted by Crippen LogP contribution is -2.30. The number of nitrogens with zero attached hydrogens (tertiary/aromatic N) is 2. The molecule has 9 heteroatoms. The summed E-state index contributed by atoms with van der Waals surface area (Å²) in [5, 5.41) is -0.508. The second kappa shape index (κ2) is 6.06. The van der Waals surface area contributed by atoms with E-state index in [2.05, 4.69) is 20.8 Å². The van der Waals surface area contributed by atoms with Gasteiger partial charge in [0.1, 0.15) is 0 Å². The van der Waals surface area contributed by atoms with E-state index in [9.17, 15) is 13.2 Å². The fourth-order valence-electron chi connectivity index (χ4n) is 1.40. The molecule has 0 radical (unpaired) electrons. The fraction of sp³-hybridized carbons (Fsp3) is 0.0833. The van der Waals surface area contributed by atoms with Gasteiger partial charge in [-0.1, -0.05) is 29.8 Å². The van der Waals surface area contributed by atoms with Gasteiger partial charge in [0.05, 0.1) is 16.9 Å². The minimum atomic E-state index is -3.62. The predicted molar refractivity (Wildman–Crippen MR) is 77.7 cm³/mol. The third-order valence-electron chi connectivity index (χ3n) is 2.36. The maximum absolute atomic E-state index is 12.0. The number of carbonyl (C=O) groups is 1. The Bertz CT molecular complexity index is 765. The highest BCUT2D eigenvalue weighted by atomic mass is 35.5. The van der Waals surface area contributed by atoms with Crippen molar-refractivity contribution < 1.29 is 13.2 Å². The van der Waals surface area contributed by atoms with Crippen LogP contribution in [0.1, 0.15) is 10.5 Å². The first kappa shape index (κ1) is 15.2. The fourth-order valence-corrected chi connectivity index (χ4v) is 2.08. The average Bonchev–Trinajstić information content (AvgIpc) is 2.45. The van der Waals surface area contributed by atoms with Crippen molar-refractivity contribution >= 4 is 33.0 Å². The Balaban J connectivity index is 2.19. The smallest absolute Gasteiger partial charge is 0.289 e. The van der Waals surface area contributed by atoms with Gasteiger partial charge < -0.3 is 0 Å². The van der Waals surface area contributed by atoms with Crippen LogP contribution in [0, 0.1) is 0 Å². The normalized spacial score (nSPS) is 11.0. The van der Waals surface area contributed by atoms with Crippen LogP contribution in [0.5, 0.6) is 0 Å². The number of amides is 1. The molecule has 0 fully saturated rings. The van der Waals surface area contributed by atoms with Gasteiger partial charge in [0.25, 0.3) is 5.91 Å². The van der Waals surface area contributed by atoms with Gasteiger partial charge in [0.15, 0.2) is 5.69 Å². The molecule has 1 amide bonds. The lowest BCUT2D eigenvalue weighted by Gasteiger charge is -2.09.